The Kier molecular flexibility index (Phi) is 3.57. The number of carbonyl (C=O) groups excluding carboxylic acids is 1. The highest BCUT2D eigenvalue weighted by molar-refractivity contribution is 5.79. The topological polar surface area (TPSA) is 41.6 Å². The van der Waals surface area contributed by atoms with Gasteiger partial charge in [0.25, 0.3) is 0 Å². The van der Waals surface area contributed by atoms with Crippen LogP contribution >= 0.6 is 0 Å². The van der Waals surface area contributed by atoms with Crippen LogP contribution < -0.4 is 5.32 Å². The minimum absolute atomic E-state index is 0.193. The molecule has 3 rings (SSSR count). The SMILES string of the molecule is CC1COCCC1C(=O)N1C[C@@H]2CCCN[C@@H]2C1. The average molecular weight is 252 g/mol. The van der Waals surface area contributed by atoms with Gasteiger partial charge in [0.05, 0.1) is 0 Å². The number of hydrogen-bond donors (Lipinski definition) is 1. The van der Waals surface area contributed by atoms with Gasteiger partial charge in [-0.15, -0.1) is 0 Å². The fourth-order valence-corrected chi connectivity index (χ4v) is 3.71. The number of carbonyl (C=O) groups is 1. The summed E-state index contributed by atoms with van der Waals surface area (Å²) >= 11 is 0. The maximum Gasteiger partial charge on any atom is 0.226 e. The van der Waals surface area contributed by atoms with Gasteiger partial charge in [-0.2, -0.15) is 0 Å². The fourth-order valence-electron chi connectivity index (χ4n) is 3.71. The van der Waals surface area contributed by atoms with E-state index in [1.807, 2.05) is 0 Å². The largest absolute Gasteiger partial charge is 0.381 e. The van der Waals surface area contributed by atoms with E-state index in [4.69, 9.17) is 4.74 Å². The summed E-state index contributed by atoms with van der Waals surface area (Å²) in [7, 11) is 0. The standard InChI is InChI=1S/C14H24N2O2/c1-10-9-18-6-4-12(10)14(17)16-7-11-3-2-5-15-13(11)8-16/h10-13,15H,2-9H2,1H3/t10?,11-,12?,13+/m0/s1. The number of nitrogens with zero attached hydrogens (tertiary/aromatic N) is 1. The molecule has 0 aliphatic carbocycles. The number of likely N-dealkylation sites (tertiary alicyclic amines) is 1. The van der Waals surface area contributed by atoms with Gasteiger partial charge in [0.1, 0.15) is 0 Å². The van der Waals surface area contributed by atoms with Gasteiger partial charge in [0.2, 0.25) is 5.91 Å². The highest BCUT2D eigenvalue weighted by atomic mass is 16.5. The Morgan fingerprint density at radius 2 is 2.22 bits per heavy atom. The molecular formula is C14H24N2O2. The van der Waals surface area contributed by atoms with Crippen LogP contribution in [0.25, 0.3) is 0 Å². The van der Waals surface area contributed by atoms with E-state index in [1.54, 1.807) is 0 Å². The molecule has 0 aromatic rings. The lowest BCUT2D eigenvalue weighted by Crippen LogP contribution is -2.43. The van der Waals surface area contributed by atoms with Crippen LogP contribution in [0.15, 0.2) is 0 Å². The van der Waals surface area contributed by atoms with Crippen LogP contribution in [0, 0.1) is 17.8 Å². The molecule has 4 heteroatoms. The van der Waals surface area contributed by atoms with E-state index in [9.17, 15) is 4.79 Å². The Balaban J connectivity index is 1.62. The smallest absolute Gasteiger partial charge is 0.226 e. The minimum atomic E-state index is 0.193. The van der Waals surface area contributed by atoms with Crippen LogP contribution in [0.1, 0.15) is 26.2 Å². The lowest BCUT2D eigenvalue weighted by atomic mass is 9.89. The number of rotatable bonds is 1. The van der Waals surface area contributed by atoms with Crippen molar-refractivity contribution in [2.75, 3.05) is 32.8 Å². The van der Waals surface area contributed by atoms with E-state index < -0.39 is 0 Å². The first-order valence-electron chi connectivity index (χ1n) is 7.35. The summed E-state index contributed by atoms with van der Waals surface area (Å²) in [6, 6.07) is 0.554. The van der Waals surface area contributed by atoms with E-state index in [-0.39, 0.29) is 5.92 Å². The van der Waals surface area contributed by atoms with Gasteiger partial charge in [0.15, 0.2) is 0 Å². The summed E-state index contributed by atoms with van der Waals surface area (Å²) < 4.78 is 5.44. The third-order valence-corrected chi connectivity index (χ3v) is 4.87. The second kappa shape index (κ2) is 5.17. The zero-order valence-electron chi connectivity index (χ0n) is 11.2. The predicted molar refractivity (Wildman–Crippen MR) is 69.2 cm³/mol. The van der Waals surface area contributed by atoms with Crippen molar-refractivity contribution < 1.29 is 9.53 Å². The molecular weight excluding hydrogens is 228 g/mol. The predicted octanol–water partition coefficient (Wildman–Crippen LogP) is 0.869. The summed E-state index contributed by atoms with van der Waals surface area (Å²) in [5.74, 6) is 1.64. The van der Waals surface area contributed by atoms with E-state index in [1.165, 1.54) is 12.8 Å². The Bertz CT molecular complexity index is 307. The molecule has 3 aliphatic heterocycles. The molecule has 18 heavy (non-hydrogen) atoms. The maximum atomic E-state index is 12.6. The highest BCUT2D eigenvalue weighted by Gasteiger charge is 2.40. The van der Waals surface area contributed by atoms with E-state index in [0.717, 1.165) is 39.3 Å². The van der Waals surface area contributed by atoms with Crippen molar-refractivity contribution in [1.29, 1.82) is 0 Å². The zero-order chi connectivity index (χ0) is 12.5. The lowest BCUT2D eigenvalue weighted by Gasteiger charge is -2.31. The van der Waals surface area contributed by atoms with Gasteiger partial charge in [-0.1, -0.05) is 6.92 Å². The van der Waals surface area contributed by atoms with Crippen molar-refractivity contribution in [3.63, 3.8) is 0 Å². The zero-order valence-corrected chi connectivity index (χ0v) is 11.2. The third kappa shape index (κ3) is 2.28. The first-order chi connectivity index (χ1) is 8.75. The monoisotopic (exact) mass is 252 g/mol. The maximum absolute atomic E-state index is 12.6. The fraction of sp³-hybridized carbons (Fsp3) is 0.929. The molecule has 1 N–H and O–H groups in total. The summed E-state index contributed by atoms with van der Waals surface area (Å²) in [6.07, 6.45) is 3.45. The van der Waals surface area contributed by atoms with E-state index in [0.29, 0.717) is 23.8 Å². The minimum Gasteiger partial charge on any atom is -0.381 e. The molecule has 0 radical (unpaired) electrons. The lowest BCUT2D eigenvalue weighted by molar-refractivity contribution is -0.140. The van der Waals surface area contributed by atoms with Crippen molar-refractivity contribution >= 4 is 5.91 Å². The molecule has 1 amide bonds. The molecule has 0 aromatic heterocycles. The van der Waals surface area contributed by atoms with Crippen LogP contribution in [0.5, 0.6) is 0 Å². The molecule has 3 heterocycles. The molecule has 4 atom stereocenters. The Labute approximate surface area is 109 Å². The highest BCUT2D eigenvalue weighted by Crippen LogP contribution is 2.29. The first kappa shape index (κ1) is 12.4. The van der Waals surface area contributed by atoms with Crippen molar-refractivity contribution in [3.8, 4) is 0 Å². The van der Waals surface area contributed by atoms with Gasteiger partial charge < -0.3 is 15.0 Å². The molecule has 3 fully saturated rings. The molecule has 2 unspecified atom stereocenters. The summed E-state index contributed by atoms with van der Waals surface area (Å²) in [6.45, 7) is 6.66. The van der Waals surface area contributed by atoms with E-state index >= 15 is 0 Å². The molecule has 3 saturated heterocycles. The Morgan fingerprint density at radius 1 is 1.33 bits per heavy atom. The van der Waals surface area contributed by atoms with Gasteiger partial charge in [0, 0.05) is 38.3 Å². The van der Waals surface area contributed by atoms with Gasteiger partial charge in [-0.05, 0) is 37.6 Å². The van der Waals surface area contributed by atoms with Crippen LogP contribution in [0.3, 0.4) is 0 Å². The molecule has 3 aliphatic rings. The van der Waals surface area contributed by atoms with Crippen molar-refractivity contribution in [2.24, 2.45) is 17.8 Å². The van der Waals surface area contributed by atoms with Gasteiger partial charge >= 0.3 is 0 Å². The number of hydrogen-bond acceptors (Lipinski definition) is 3. The average Bonchev–Trinajstić information content (AvgIpc) is 2.82. The quantitative estimate of drug-likeness (QED) is 0.753. The normalized spacial score (nSPS) is 40.6. The molecule has 4 nitrogen and oxygen atoms in total. The summed E-state index contributed by atoms with van der Waals surface area (Å²) in [5, 5.41) is 3.56. The van der Waals surface area contributed by atoms with Gasteiger partial charge in [-0.25, -0.2) is 0 Å². The Hall–Kier alpha value is -0.610. The number of piperidine rings is 1. The molecule has 0 bridgehead atoms. The van der Waals surface area contributed by atoms with Crippen LogP contribution in [-0.4, -0.2) is 49.7 Å². The third-order valence-electron chi connectivity index (χ3n) is 4.87. The van der Waals surface area contributed by atoms with Gasteiger partial charge in [-0.3, -0.25) is 4.79 Å². The van der Waals surface area contributed by atoms with Crippen LogP contribution in [0.2, 0.25) is 0 Å². The number of amides is 1. The number of ether oxygens (including phenoxy) is 1. The number of nitrogens with one attached hydrogen (secondary N) is 1. The van der Waals surface area contributed by atoms with E-state index in [2.05, 4.69) is 17.1 Å². The second-order valence-electron chi connectivity index (χ2n) is 6.15. The summed E-state index contributed by atoms with van der Waals surface area (Å²) in [4.78, 5) is 14.7. The first-order valence-corrected chi connectivity index (χ1v) is 7.35. The molecule has 102 valence electrons. The summed E-state index contributed by atoms with van der Waals surface area (Å²) in [5.41, 5.74) is 0. The second-order valence-corrected chi connectivity index (χ2v) is 6.15. The van der Waals surface area contributed by atoms with Crippen LogP contribution in [-0.2, 0) is 9.53 Å². The molecule has 0 spiro atoms. The number of fused-ring (bicyclic) bond motifs is 1. The van der Waals surface area contributed by atoms with Crippen molar-refractivity contribution in [2.45, 2.75) is 32.2 Å². The van der Waals surface area contributed by atoms with Crippen molar-refractivity contribution in [1.82, 2.24) is 10.2 Å². The Morgan fingerprint density at radius 3 is 3.00 bits per heavy atom. The van der Waals surface area contributed by atoms with Crippen molar-refractivity contribution in [3.05, 3.63) is 0 Å². The molecule has 0 aromatic carbocycles. The van der Waals surface area contributed by atoms with Crippen LogP contribution in [0.4, 0.5) is 0 Å². The molecule has 0 saturated carbocycles.